The van der Waals surface area contributed by atoms with Gasteiger partial charge in [-0.05, 0) is 72.2 Å². The summed E-state index contributed by atoms with van der Waals surface area (Å²) in [5.74, 6) is -0.948. The molecule has 1 heterocycles. The molecule has 3 aromatic rings. The van der Waals surface area contributed by atoms with Crippen LogP contribution in [0.15, 0.2) is 90.6 Å². The molecule has 0 spiro atoms. The molecule has 0 aliphatic carbocycles. The van der Waals surface area contributed by atoms with Crippen LogP contribution in [0.5, 0.6) is 0 Å². The lowest BCUT2D eigenvalue weighted by Crippen LogP contribution is -2.22. The highest BCUT2D eigenvalue weighted by Gasteiger charge is 2.16. The predicted octanol–water partition coefficient (Wildman–Crippen LogP) is 6.19. The zero-order valence-electron chi connectivity index (χ0n) is 17.7. The normalized spacial score (nSPS) is 13.5. The summed E-state index contributed by atoms with van der Waals surface area (Å²) < 4.78 is 14.1. The van der Waals surface area contributed by atoms with E-state index in [1.807, 2.05) is 30.3 Å². The van der Waals surface area contributed by atoms with Crippen LogP contribution in [0.3, 0.4) is 0 Å². The Balaban J connectivity index is 1.47. The number of benzene rings is 3. The summed E-state index contributed by atoms with van der Waals surface area (Å²) in [6.45, 7) is 5.51. The van der Waals surface area contributed by atoms with Gasteiger partial charge < -0.3 is 10.2 Å². The number of halogens is 1. The van der Waals surface area contributed by atoms with Crippen LogP contribution in [-0.2, 0) is 6.54 Å². The average Bonchev–Trinajstić information content (AvgIpc) is 2.76. The van der Waals surface area contributed by atoms with Crippen molar-refractivity contribution in [2.24, 2.45) is 0 Å². The zero-order chi connectivity index (χ0) is 21.8. The first-order chi connectivity index (χ1) is 15.0. The first kappa shape index (κ1) is 20.6. The minimum Gasteiger partial charge on any atom is -0.369 e. The van der Waals surface area contributed by atoms with Crippen LogP contribution in [0.2, 0.25) is 0 Å². The molecular formula is C27H25FN2O. The molecular weight excluding hydrogens is 387 g/mol. The van der Waals surface area contributed by atoms with Gasteiger partial charge in [0, 0.05) is 18.8 Å². The molecule has 0 unspecified atom stereocenters. The van der Waals surface area contributed by atoms with Crippen molar-refractivity contribution in [1.82, 2.24) is 4.90 Å². The smallest absolute Gasteiger partial charge is 0.258 e. The maximum absolute atomic E-state index is 14.1. The van der Waals surface area contributed by atoms with E-state index < -0.39 is 11.7 Å². The Morgan fingerprint density at radius 3 is 2.42 bits per heavy atom. The highest BCUT2D eigenvalue weighted by molar-refractivity contribution is 6.05. The van der Waals surface area contributed by atoms with E-state index in [2.05, 4.69) is 53.7 Å². The van der Waals surface area contributed by atoms with Crippen molar-refractivity contribution in [3.8, 4) is 0 Å². The van der Waals surface area contributed by atoms with E-state index in [1.165, 1.54) is 22.8 Å². The summed E-state index contributed by atoms with van der Waals surface area (Å²) in [7, 11) is 0. The average molecular weight is 413 g/mol. The summed E-state index contributed by atoms with van der Waals surface area (Å²) in [5.41, 5.74) is 6.19. The summed E-state index contributed by atoms with van der Waals surface area (Å²) in [5, 5.41) is 2.80. The lowest BCUT2D eigenvalue weighted by molar-refractivity contribution is 0.102. The minimum atomic E-state index is -0.512. The number of anilines is 1. The van der Waals surface area contributed by atoms with Crippen LogP contribution >= 0.6 is 0 Å². The maximum atomic E-state index is 14.1. The number of allylic oxidation sites excluding steroid dienone is 2. The Bertz CT molecular complexity index is 1130. The number of hydrogen-bond donors (Lipinski definition) is 1. The monoisotopic (exact) mass is 412 g/mol. The number of rotatable bonds is 5. The van der Waals surface area contributed by atoms with E-state index >= 15 is 0 Å². The third-order valence-corrected chi connectivity index (χ3v) is 5.54. The number of carbonyl (C=O) groups excluding carboxylic acids is 1. The molecule has 1 N–H and O–H groups in total. The molecule has 156 valence electrons. The topological polar surface area (TPSA) is 32.3 Å². The van der Waals surface area contributed by atoms with Crippen molar-refractivity contribution < 1.29 is 9.18 Å². The highest BCUT2D eigenvalue weighted by Crippen LogP contribution is 2.27. The quantitative estimate of drug-likeness (QED) is 0.542. The number of carbonyl (C=O) groups is 1. The summed E-state index contributed by atoms with van der Waals surface area (Å²) in [6.07, 6.45) is 4.27. The molecule has 3 aromatic carbocycles. The van der Waals surface area contributed by atoms with Gasteiger partial charge in [-0.3, -0.25) is 4.79 Å². The Morgan fingerprint density at radius 1 is 0.968 bits per heavy atom. The van der Waals surface area contributed by atoms with Crippen molar-refractivity contribution in [1.29, 1.82) is 0 Å². The number of nitrogens with one attached hydrogen (secondary N) is 1. The third kappa shape index (κ3) is 4.75. The van der Waals surface area contributed by atoms with E-state index in [1.54, 1.807) is 19.1 Å². The van der Waals surface area contributed by atoms with Gasteiger partial charge in [-0.1, -0.05) is 54.6 Å². The Hall–Kier alpha value is -3.66. The van der Waals surface area contributed by atoms with Gasteiger partial charge in [0.25, 0.3) is 5.91 Å². The van der Waals surface area contributed by atoms with E-state index in [0.29, 0.717) is 11.3 Å². The van der Waals surface area contributed by atoms with E-state index in [4.69, 9.17) is 0 Å². The van der Waals surface area contributed by atoms with Crippen LogP contribution in [0.4, 0.5) is 10.1 Å². The number of amides is 1. The zero-order valence-corrected chi connectivity index (χ0v) is 17.7. The molecule has 0 saturated heterocycles. The molecule has 0 aromatic heterocycles. The molecule has 1 amide bonds. The van der Waals surface area contributed by atoms with Gasteiger partial charge in [0.05, 0.1) is 5.56 Å². The lowest BCUT2D eigenvalue weighted by Gasteiger charge is -2.27. The van der Waals surface area contributed by atoms with E-state index in [-0.39, 0.29) is 5.56 Å². The third-order valence-electron chi connectivity index (χ3n) is 5.54. The molecule has 0 saturated carbocycles. The van der Waals surface area contributed by atoms with Crippen LogP contribution < -0.4 is 5.32 Å². The van der Waals surface area contributed by atoms with Crippen molar-refractivity contribution in [2.45, 2.75) is 20.4 Å². The van der Waals surface area contributed by atoms with Gasteiger partial charge in [0.15, 0.2) is 0 Å². The fourth-order valence-electron chi connectivity index (χ4n) is 3.81. The first-order valence-electron chi connectivity index (χ1n) is 10.3. The number of nitrogens with zero attached hydrogens (tertiary/aromatic N) is 1. The van der Waals surface area contributed by atoms with E-state index in [0.717, 1.165) is 18.7 Å². The molecule has 0 radical (unpaired) electrons. The van der Waals surface area contributed by atoms with Gasteiger partial charge in [0.2, 0.25) is 0 Å². The van der Waals surface area contributed by atoms with Gasteiger partial charge in [0.1, 0.15) is 5.82 Å². The fourth-order valence-corrected chi connectivity index (χ4v) is 3.81. The fraction of sp³-hybridized carbons (Fsp3) is 0.148. The maximum Gasteiger partial charge on any atom is 0.258 e. The lowest BCUT2D eigenvalue weighted by atomic mass is 9.97. The van der Waals surface area contributed by atoms with E-state index in [9.17, 15) is 9.18 Å². The number of aryl methyl sites for hydroxylation is 1. The number of hydrogen-bond acceptors (Lipinski definition) is 2. The Kier molecular flexibility index (Phi) is 5.99. The molecule has 1 aliphatic rings. The summed E-state index contributed by atoms with van der Waals surface area (Å²) in [4.78, 5) is 14.8. The SMILES string of the molecule is CC1=C(c2ccc(NC(=O)c3c(C)cccc3F)cc2)CN(Cc2ccccc2)C=C1. The van der Waals surface area contributed by atoms with Crippen LogP contribution in [-0.4, -0.2) is 17.4 Å². The summed E-state index contributed by atoms with van der Waals surface area (Å²) in [6, 6.07) is 22.8. The molecule has 4 heteroatoms. The molecule has 0 atom stereocenters. The van der Waals surface area contributed by atoms with Crippen molar-refractivity contribution in [3.05, 3.63) is 119 Å². The van der Waals surface area contributed by atoms with Crippen molar-refractivity contribution >= 4 is 17.2 Å². The molecule has 0 fully saturated rings. The van der Waals surface area contributed by atoms with Crippen LogP contribution in [0.25, 0.3) is 5.57 Å². The second-order valence-corrected chi connectivity index (χ2v) is 7.83. The first-order valence-corrected chi connectivity index (χ1v) is 10.3. The molecule has 4 rings (SSSR count). The van der Waals surface area contributed by atoms with Gasteiger partial charge in [-0.2, -0.15) is 0 Å². The highest BCUT2D eigenvalue weighted by atomic mass is 19.1. The minimum absolute atomic E-state index is 0.0825. The Labute approximate surface area is 182 Å². The van der Waals surface area contributed by atoms with Gasteiger partial charge in [-0.15, -0.1) is 0 Å². The molecule has 1 aliphatic heterocycles. The second-order valence-electron chi connectivity index (χ2n) is 7.83. The molecule has 0 bridgehead atoms. The van der Waals surface area contributed by atoms with Crippen molar-refractivity contribution in [3.63, 3.8) is 0 Å². The van der Waals surface area contributed by atoms with Crippen molar-refractivity contribution in [2.75, 3.05) is 11.9 Å². The van der Waals surface area contributed by atoms with Gasteiger partial charge in [-0.25, -0.2) is 4.39 Å². The summed E-state index contributed by atoms with van der Waals surface area (Å²) >= 11 is 0. The van der Waals surface area contributed by atoms with Gasteiger partial charge >= 0.3 is 0 Å². The predicted molar refractivity (Wildman–Crippen MR) is 124 cm³/mol. The standard InChI is InChI=1S/C27H25FN2O/c1-19-15-16-30(17-21-8-4-3-5-9-21)18-24(19)22-11-13-23(14-12-22)29-27(31)26-20(2)7-6-10-25(26)28/h3-16H,17-18H2,1-2H3,(H,29,31). The van der Waals surface area contributed by atoms with Crippen LogP contribution in [0.1, 0.15) is 34.0 Å². The van der Waals surface area contributed by atoms with Crippen LogP contribution in [0, 0.1) is 12.7 Å². The molecule has 31 heavy (non-hydrogen) atoms. The second kappa shape index (κ2) is 9.00. The largest absolute Gasteiger partial charge is 0.369 e. The molecule has 3 nitrogen and oxygen atoms in total. The Morgan fingerprint density at radius 2 is 1.71 bits per heavy atom.